The van der Waals surface area contributed by atoms with Crippen molar-refractivity contribution in [3.05, 3.63) is 24.2 Å². The number of aliphatic hydroxyl groups is 1. The molecule has 1 N–H and O–H groups in total. The Labute approximate surface area is 101 Å². The quantitative estimate of drug-likeness (QED) is 0.872. The van der Waals surface area contributed by atoms with Gasteiger partial charge in [0.2, 0.25) is 0 Å². The molecule has 0 unspecified atom stereocenters. The van der Waals surface area contributed by atoms with Crippen molar-refractivity contribution in [1.29, 1.82) is 0 Å². The van der Waals surface area contributed by atoms with Gasteiger partial charge in [-0.1, -0.05) is 19.3 Å². The Balaban J connectivity index is 2.07. The van der Waals surface area contributed by atoms with E-state index < -0.39 is 0 Å². The van der Waals surface area contributed by atoms with E-state index in [-0.39, 0.29) is 18.6 Å². The van der Waals surface area contributed by atoms with E-state index in [0.717, 1.165) is 12.8 Å². The van der Waals surface area contributed by atoms with Crippen LogP contribution in [0.1, 0.15) is 42.5 Å². The van der Waals surface area contributed by atoms with Gasteiger partial charge in [-0.05, 0) is 18.9 Å². The summed E-state index contributed by atoms with van der Waals surface area (Å²) in [6.45, 7) is 0.425. The molecule has 1 aliphatic rings. The van der Waals surface area contributed by atoms with E-state index in [1.54, 1.807) is 11.0 Å². The molecule has 0 saturated heterocycles. The highest BCUT2D eigenvalue weighted by Gasteiger charge is 2.26. The summed E-state index contributed by atoms with van der Waals surface area (Å²) in [5.41, 5.74) is 0.573. The van der Waals surface area contributed by atoms with Gasteiger partial charge in [-0.15, -0.1) is 0 Å². The summed E-state index contributed by atoms with van der Waals surface area (Å²) in [5, 5.41) is 9.10. The summed E-state index contributed by atoms with van der Waals surface area (Å²) in [4.78, 5) is 14.0. The Morgan fingerprint density at radius 2 is 2.18 bits per heavy atom. The van der Waals surface area contributed by atoms with Gasteiger partial charge in [0.1, 0.15) is 6.26 Å². The number of furan rings is 1. The molecule has 0 bridgehead atoms. The minimum absolute atomic E-state index is 0.0140. The zero-order valence-corrected chi connectivity index (χ0v) is 9.97. The van der Waals surface area contributed by atoms with Gasteiger partial charge in [-0.3, -0.25) is 4.79 Å². The van der Waals surface area contributed by atoms with E-state index in [1.165, 1.54) is 31.8 Å². The molecule has 0 aromatic carbocycles. The van der Waals surface area contributed by atoms with Gasteiger partial charge in [-0.2, -0.15) is 0 Å². The molecule has 0 spiro atoms. The predicted molar refractivity (Wildman–Crippen MR) is 63.7 cm³/mol. The van der Waals surface area contributed by atoms with E-state index >= 15 is 0 Å². The van der Waals surface area contributed by atoms with Crippen molar-refractivity contribution >= 4 is 5.91 Å². The molecule has 0 atom stereocenters. The Hall–Kier alpha value is -1.29. The molecule has 4 heteroatoms. The van der Waals surface area contributed by atoms with Crippen molar-refractivity contribution < 1.29 is 14.3 Å². The topological polar surface area (TPSA) is 53.7 Å². The number of aliphatic hydroxyl groups excluding tert-OH is 1. The van der Waals surface area contributed by atoms with Gasteiger partial charge < -0.3 is 14.4 Å². The Morgan fingerprint density at radius 1 is 1.41 bits per heavy atom. The van der Waals surface area contributed by atoms with Crippen LogP contribution >= 0.6 is 0 Å². The van der Waals surface area contributed by atoms with Crippen LogP contribution in [0.5, 0.6) is 0 Å². The van der Waals surface area contributed by atoms with Gasteiger partial charge in [0, 0.05) is 12.6 Å². The van der Waals surface area contributed by atoms with Crippen LogP contribution in [0.4, 0.5) is 0 Å². The first-order chi connectivity index (χ1) is 8.33. The Morgan fingerprint density at radius 3 is 2.76 bits per heavy atom. The summed E-state index contributed by atoms with van der Waals surface area (Å²) >= 11 is 0. The molecule has 2 rings (SSSR count). The second-order valence-corrected chi connectivity index (χ2v) is 4.53. The molecule has 1 aromatic heterocycles. The zero-order valence-electron chi connectivity index (χ0n) is 9.97. The van der Waals surface area contributed by atoms with Crippen molar-refractivity contribution in [2.75, 3.05) is 13.2 Å². The molecule has 1 amide bonds. The van der Waals surface area contributed by atoms with E-state index in [0.29, 0.717) is 12.1 Å². The molecule has 0 radical (unpaired) electrons. The molecule has 17 heavy (non-hydrogen) atoms. The summed E-state index contributed by atoms with van der Waals surface area (Å²) < 4.78 is 4.94. The van der Waals surface area contributed by atoms with Crippen LogP contribution in [0.25, 0.3) is 0 Å². The number of carbonyl (C=O) groups excluding carboxylic acids is 1. The molecule has 0 aliphatic heterocycles. The first-order valence-corrected chi connectivity index (χ1v) is 6.27. The number of amides is 1. The molecular formula is C13H19NO3. The molecule has 1 fully saturated rings. The standard InChI is InChI=1S/C13H19NO3/c15-8-7-14(12-4-2-1-3-5-12)13(16)11-6-9-17-10-11/h6,9-10,12,15H,1-5,7-8H2. The van der Waals surface area contributed by atoms with Gasteiger partial charge >= 0.3 is 0 Å². The predicted octanol–water partition coefficient (Wildman–Crippen LogP) is 2.05. The minimum atomic E-state index is -0.0281. The number of hydrogen-bond acceptors (Lipinski definition) is 3. The van der Waals surface area contributed by atoms with E-state index in [9.17, 15) is 4.79 Å². The fourth-order valence-electron chi connectivity index (χ4n) is 2.50. The smallest absolute Gasteiger partial charge is 0.257 e. The molecule has 1 saturated carbocycles. The Kier molecular flexibility index (Phi) is 4.20. The van der Waals surface area contributed by atoms with Crippen molar-refractivity contribution in [3.8, 4) is 0 Å². The maximum Gasteiger partial charge on any atom is 0.257 e. The van der Waals surface area contributed by atoms with E-state index in [2.05, 4.69) is 0 Å². The number of hydrogen-bond donors (Lipinski definition) is 1. The Bertz CT molecular complexity index is 342. The third-order valence-electron chi connectivity index (χ3n) is 3.39. The average molecular weight is 237 g/mol. The summed E-state index contributed by atoms with van der Waals surface area (Å²) in [5.74, 6) is -0.0281. The van der Waals surface area contributed by atoms with Crippen LogP contribution in [-0.4, -0.2) is 35.1 Å². The molecular weight excluding hydrogens is 218 g/mol. The molecule has 1 aliphatic carbocycles. The number of carbonyl (C=O) groups is 1. The highest BCUT2D eigenvalue weighted by atomic mass is 16.3. The third-order valence-corrected chi connectivity index (χ3v) is 3.39. The molecule has 1 heterocycles. The number of nitrogens with zero attached hydrogens (tertiary/aromatic N) is 1. The first-order valence-electron chi connectivity index (χ1n) is 6.27. The molecule has 4 nitrogen and oxygen atoms in total. The monoisotopic (exact) mass is 237 g/mol. The van der Waals surface area contributed by atoms with Crippen LogP contribution in [0.2, 0.25) is 0 Å². The summed E-state index contributed by atoms with van der Waals surface area (Å²) in [7, 11) is 0. The average Bonchev–Trinajstić information content (AvgIpc) is 2.90. The van der Waals surface area contributed by atoms with E-state index in [1.807, 2.05) is 0 Å². The lowest BCUT2D eigenvalue weighted by Crippen LogP contribution is -2.43. The van der Waals surface area contributed by atoms with Crippen LogP contribution < -0.4 is 0 Å². The normalized spacial score (nSPS) is 17.0. The van der Waals surface area contributed by atoms with Gasteiger partial charge in [0.15, 0.2) is 0 Å². The van der Waals surface area contributed by atoms with Crippen LogP contribution in [0.3, 0.4) is 0 Å². The maximum absolute atomic E-state index is 12.2. The molecule has 94 valence electrons. The van der Waals surface area contributed by atoms with Crippen LogP contribution in [-0.2, 0) is 0 Å². The van der Waals surface area contributed by atoms with Gasteiger partial charge in [0.05, 0.1) is 18.4 Å². The second kappa shape index (κ2) is 5.87. The summed E-state index contributed by atoms with van der Waals surface area (Å²) in [6.07, 6.45) is 8.66. The lowest BCUT2D eigenvalue weighted by Gasteiger charge is -2.33. The van der Waals surface area contributed by atoms with Crippen molar-refractivity contribution in [3.63, 3.8) is 0 Å². The first kappa shape index (κ1) is 12.2. The van der Waals surface area contributed by atoms with Crippen molar-refractivity contribution in [2.45, 2.75) is 38.1 Å². The van der Waals surface area contributed by atoms with Crippen molar-refractivity contribution in [1.82, 2.24) is 4.90 Å². The van der Waals surface area contributed by atoms with Gasteiger partial charge in [0.25, 0.3) is 5.91 Å². The maximum atomic E-state index is 12.2. The summed E-state index contributed by atoms with van der Waals surface area (Å²) in [6, 6.07) is 1.95. The fraction of sp³-hybridized carbons (Fsp3) is 0.615. The highest BCUT2D eigenvalue weighted by molar-refractivity contribution is 5.94. The van der Waals surface area contributed by atoms with Crippen LogP contribution in [0.15, 0.2) is 23.0 Å². The largest absolute Gasteiger partial charge is 0.472 e. The zero-order chi connectivity index (χ0) is 12.1. The van der Waals surface area contributed by atoms with Crippen molar-refractivity contribution in [2.24, 2.45) is 0 Å². The van der Waals surface area contributed by atoms with Crippen LogP contribution in [0, 0.1) is 0 Å². The van der Waals surface area contributed by atoms with E-state index in [4.69, 9.17) is 9.52 Å². The number of rotatable bonds is 4. The third kappa shape index (κ3) is 2.88. The fourth-order valence-corrected chi connectivity index (χ4v) is 2.50. The molecule has 1 aromatic rings. The van der Waals surface area contributed by atoms with Gasteiger partial charge in [-0.25, -0.2) is 0 Å². The second-order valence-electron chi connectivity index (χ2n) is 4.53. The SMILES string of the molecule is O=C(c1ccoc1)N(CCO)C1CCCCC1. The lowest BCUT2D eigenvalue weighted by atomic mass is 9.94. The minimum Gasteiger partial charge on any atom is -0.472 e. The highest BCUT2D eigenvalue weighted by Crippen LogP contribution is 2.23. The lowest BCUT2D eigenvalue weighted by molar-refractivity contribution is 0.0584.